The Kier molecular flexibility index (Phi) is 4.78. The fourth-order valence-corrected chi connectivity index (χ4v) is 1.52. The molecule has 1 aromatic rings. The van der Waals surface area contributed by atoms with Gasteiger partial charge in [0.1, 0.15) is 17.1 Å². The normalized spacial score (nSPS) is 10.1. The predicted octanol–water partition coefficient (Wildman–Crippen LogP) is 1.11. The lowest BCUT2D eigenvalue weighted by atomic mass is 10.0. The number of phenolic OH excluding ortho intramolecular Hbond substituents is 1. The SMILES string of the molecule is COC(=O)c1cc(CCCO)c(O)cc1OC. The van der Waals surface area contributed by atoms with Crippen LogP contribution in [0.3, 0.4) is 0 Å². The van der Waals surface area contributed by atoms with Crippen molar-refractivity contribution in [2.45, 2.75) is 12.8 Å². The van der Waals surface area contributed by atoms with E-state index < -0.39 is 5.97 Å². The first-order chi connectivity index (χ1) is 8.13. The number of aryl methyl sites for hydroxylation is 1. The van der Waals surface area contributed by atoms with E-state index >= 15 is 0 Å². The largest absolute Gasteiger partial charge is 0.508 e. The molecule has 0 radical (unpaired) electrons. The van der Waals surface area contributed by atoms with Gasteiger partial charge in [-0.05, 0) is 24.5 Å². The van der Waals surface area contributed by atoms with Gasteiger partial charge < -0.3 is 19.7 Å². The Morgan fingerprint density at radius 1 is 1.35 bits per heavy atom. The maximum absolute atomic E-state index is 11.5. The summed E-state index contributed by atoms with van der Waals surface area (Å²) in [6, 6.07) is 2.90. The molecular formula is C12H16O5. The molecule has 0 heterocycles. The van der Waals surface area contributed by atoms with Gasteiger partial charge in [0, 0.05) is 12.7 Å². The summed E-state index contributed by atoms with van der Waals surface area (Å²) in [7, 11) is 2.69. The number of carbonyl (C=O) groups is 1. The third-order valence-electron chi connectivity index (χ3n) is 2.41. The zero-order valence-corrected chi connectivity index (χ0v) is 9.90. The number of hydrogen-bond acceptors (Lipinski definition) is 5. The van der Waals surface area contributed by atoms with E-state index in [9.17, 15) is 9.90 Å². The quantitative estimate of drug-likeness (QED) is 0.754. The van der Waals surface area contributed by atoms with Gasteiger partial charge >= 0.3 is 5.97 Å². The lowest BCUT2D eigenvalue weighted by molar-refractivity contribution is 0.0597. The number of aromatic hydroxyl groups is 1. The highest BCUT2D eigenvalue weighted by atomic mass is 16.5. The van der Waals surface area contributed by atoms with Crippen molar-refractivity contribution in [1.29, 1.82) is 0 Å². The molecule has 0 saturated heterocycles. The Morgan fingerprint density at radius 2 is 2.06 bits per heavy atom. The average molecular weight is 240 g/mol. The number of rotatable bonds is 5. The van der Waals surface area contributed by atoms with E-state index in [1.165, 1.54) is 26.4 Å². The molecule has 5 nitrogen and oxygen atoms in total. The maximum atomic E-state index is 11.5. The molecule has 0 aliphatic heterocycles. The predicted molar refractivity (Wildman–Crippen MR) is 61.4 cm³/mol. The second kappa shape index (κ2) is 6.10. The number of methoxy groups -OCH3 is 2. The third-order valence-corrected chi connectivity index (χ3v) is 2.41. The number of carbonyl (C=O) groups excluding carboxylic acids is 1. The molecule has 0 aliphatic rings. The smallest absolute Gasteiger partial charge is 0.341 e. The van der Waals surface area contributed by atoms with Crippen LogP contribution in [0.2, 0.25) is 0 Å². The molecule has 0 atom stereocenters. The molecular weight excluding hydrogens is 224 g/mol. The maximum Gasteiger partial charge on any atom is 0.341 e. The number of ether oxygens (including phenoxy) is 2. The lowest BCUT2D eigenvalue weighted by Gasteiger charge is -2.11. The number of benzene rings is 1. The summed E-state index contributed by atoms with van der Waals surface area (Å²) >= 11 is 0. The summed E-state index contributed by atoms with van der Waals surface area (Å²) in [6.07, 6.45) is 0.997. The van der Waals surface area contributed by atoms with Crippen molar-refractivity contribution in [3.05, 3.63) is 23.3 Å². The number of esters is 1. The van der Waals surface area contributed by atoms with E-state index in [-0.39, 0.29) is 23.7 Å². The first-order valence-corrected chi connectivity index (χ1v) is 5.23. The Labute approximate surface area is 99.6 Å². The van der Waals surface area contributed by atoms with E-state index in [1.54, 1.807) is 0 Å². The molecule has 0 aliphatic carbocycles. The van der Waals surface area contributed by atoms with Crippen molar-refractivity contribution < 1.29 is 24.5 Å². The summed E-state index contributed by atoms with van der Waals surface area (Å²) in [4.78, 5) is 11.5. The van der Waals surface area contributed by atoms with Crippen LogP contribution in [-0.2, 0) is 11.2 Å². The summed E-state index contributed by atoms with van der Waals surface area (Å²) in [6.45, 7) is 0.0268. The second-order valence-electron chi connectivity index (χ2n) is 3.50. The van der Waals surface area contributed by atoms with Crippen molar-refractivity contribution in [2.24, 2.45) is 0 Å². The van der Waals surface area contributed by atoms with Crippen LogP contribution in [0.1, 0.15) is 22.3 Å². The van der Waals surface area contributed by atoms with E-state index in [1.807, 2.05) is 0 Å². The number of hydrogen-bond donors (Lipinski definition) is 2. The second-order valence-corrected chi connectivity index (χ2v) is 3.50. The van der Waals surface area contributed by atoms with Crippen molar-refractivity contribution in [3.8, 4) is 11.5 Å². The van der Waals surface area contributed by atoms with Crippen LogP contribution in [0, 0.1) is 0 Å². The van der Waals surface area contributed by atoms with E-state index in [2.05, 4.69) is 4.74 Å². The van der Waals surface area contributed by atoms with Gasteiger partial charge in [-0.1, -0.05) is 0 Å². The van der Waals surface area contributed by atoms with Crippen molar-refractivity contribution in [2.75, 3.05) is 20.8 Å². The van der Waals surface area contributed by atoms with Crippen LogP contribution in [0.5, 0.6) is 11.5 Å². The topological polar surface area (TPSA) is 76.0 Å². The van der Waals surface area contributed by atoms with Gasteiger partial charge in [0.25, 0.3) is 0 Å². The Balaban J connectivity index is 3.13. The Bertz CT molecular complexity index is 400. The lowest BCUT2D eigenvalue weighted by Crippen LogP contribution is -2.05. The first-order valence-electron chi connectivity index (χ1n) is 5.23. The van der Waals surface area contributed by atoms with Crippen LogP contribution in [0.15, 0.2) is 12.1 Å². The van der Waals surface area contributed by atoms with Crippen LogP contribution in [0.25, 0.3) is 0 Å². The highest BCUT2D eigenvalue weighted by Crippen LogP contribution is 2.29. The van der Waals surface area contributed by atoms with Gasteiger partial charge in [-0.15, -0.1) is 0 Å². The van der Waals surface area contributed by atoms with Gasteiger partial charge in [-0.25, -0.2) is 4.79 Å². The number of aliphatic hydroxyl groups is 1. The molecule has 0 saturated carbocycles. The van der Waals surface area contributed by atoms with Crippen LogP contribution >= 0.6 is 0 Å². The highest BCUT2D eigenvalue weighted by Gasteiger charge is 2.16. The molecule has 94 valence electrons. The monoisotopic (exact) mass is 240 g/mol. The zero-order valence-electron chi connectivity index (χ0n) is 9.90. The molecule has 1 rings (SSSR count). The van der Waals surface area contributed by atoms with Crippen LogP contribution in [0.4, 0.5) is 0 Å². The minimum atomic E-state index is -0.521. The summed E-state index contributed by atoms with van der Waals surface area (Å²) < 4.78 is 9.63. The van der Waals surface area contributed by atoms with Crippen molar-refractivity contribution >= 4 is 5.97 Å². The molecule has 5 heteroatoms. The minimum Gasteiger partial charge on any atom is -0.508 e. The summed E-state index contributed by atoms with van der Waals surface area (Å²) in [5, 5.41) is 18.5. The first kappa shape index (κ1) is 13.3. The molecule has 0 spiro atoms. The van der Waals surface area contributed by atoms with Gasteiger partial charge in [0.2, 0.25) is 0 Å². The van der Waals surface area contributed by atoms with E-state index in [0.717, 1.165) is 0 Å². The van der Waals surface area contributed by atoms with Crippen LogP contribution < -0.4 is 4.74 Å². The van der Waals surface area contributed by atoms with Crippen molar-refractivity contribution in [3.63, 3.8) is 0 Å². The molecule has 0 unspecified atom stereocenters. The van der Waals surface area contributed by atoms with E-state index in [4.69, 9.17) is 9.84 Å². The molecule has 2 N–H and O–H groups in total. The zero-order chi connectivity index (χ0) is 12.8. The molecule has 0 bridgehead atoms. The number of aliphatic hydroxyl groups excluding tert-OH is 1. The highest BCUT2D eigenvalue weighted by molar-refractivity contribution is 5.93. The fourth-order valence-electron chi connectivity index (χ4n) is 1.52. The van der Waals surface area contributed by atoms with Gasteiger partial charge in [0.05, 0.1) is 14.2 Å². The standard InChI is InChI=1S/C12H16O5/c1-16-11-7-10(14)8(4-3-5-13)6-9(11)12(15)17-2/h6-7,13-14H,3-5H2,1-2H3. The molecule has 1 aromatic carbocycles. The van der Waals surface area contributed by atoms with Gasteiger partial charge in [-0.2, -0.15) is 0 Å². The van der Waals surface area contributed by atoms with Gasteiger partial charge in [-0.3, -0.25) is 0 Å². The summed E-state index contributed by atoms with van der Waals surface area (Å²) in [5.74, 6) is -0.211. The third kappa shape index (κ3) is 3.10. The summed E-state index contributed by atoms with van der Waals surface area (Å²) in [5.41, 5.74) is 0.848. The average Bonchev–Trinajstić information content (AvgIpc) is 2.35. The molecule has 17 heavy (non-hydrogen) atoms. The van der Waals surface area contributed by atoms with Crippen molar-refractivity contribution in [1.82, 2.24) is 0 Å². The fraction of sp³-hybridized carbons (Fsp3) is 0.417. The molecule has 0 amide bonds. The van der Waals surface area contributed by atoms with Gasteiger partial charge in [0.15, 0.2) is 0 Å². The Morgan fingerprint density at radius 3 is 2.59 bits per heavy atom. The minimum absolute atomic E-state index is 0.0268. The van der Waals surface area contributed by atoms with E-state index in [0.29, 0.717) is 18.4 Å². The number of phenols is 1. The van der Waals surface area contributed by atoms with Crippen LogP contribution in [-0.4, -0.2) is 37.0 Å². The molecule has 0 fully saturated rings. The Hall–Kier alpha value is -1.75. The molecule has 0 aromatic heterocycles.